The summed E-state index contributed by atoms with van der Waals surface area (Å²) < 4.78 is 1.79. The molecule has 1 unspecified atom stereocenters. The molecule has 2 aromatic rings. The molecule has 1 saturated carbocycles. The van der Waals surface area contributed by atoms with Gasteiger partial charge in [0, 0.05) is 18.7 Å². The Morgan fingerprint density at radius 3 is 2.79 bits per heavy atom. The number of aromatic nitrogens is 2. The summed E-state index contributed by atoms with van der Waals surface area (Å²) in [5.41, 5.74) is 1.98. The second-order valence-corrected chi connectivity index (χ2v) is 6.37. The van der Waals surface area contributed by atoms with Gasteiger partial charge in [0.15, 0.2) is 0 Å². The van der Waals surface area contributed by atoms with Gasteiger partial charge in [0.1, 0.15) is 5.82 Å². The highest BCUT2D eigenvalue weighted by atomic mass is 16.3. The quantitative estimate of drug-likeness (QED) is 0.731. The molecule has 0 spiro atoms. The van der Waals surface area contributed by atoms with E-state index in [4.69, 9.17) is 5.11 Å². The van der Waals surface area contributed by atoms with E-state index in [-0.39, 0.29) is 18.7 Å². The third kappa shape index (κ3) is 4.35. The lowest BCUT2D eigenvalue weighted by Gasteiger charge is -2.18. The van der Waals surface area contributed by atoms with Gasteiger partial charge in [0.05, 0.1) is 12.2 Å². The van der Waals surface area contributed by atoms with E-state index in [1.807, 2.05) is 43.3 Å². The van der Waals surface area contributed by atoms with Crippen LogP contribution in [-0.4, -0.2) is 33.6 Å². The van der Waals surface area contributed by atoms with Gasteiger partial charge in [0.2, 0.25) is 0 Å². The Balaban J connectivity index is 1.65. The number of hydrogen-bond donors (Lipinski definition) is 3. The number of carbonyl (C=O) groups is 1. The van der Waals surface area contributed by atoms with Crippen LogP contribution in [0, 0.1) is 12.8 Å². The average Bonchev–Trinajstić information content (AvgIpc) is 3.34. The van der Waals surface area contributed by atoms with Gasteiger partial charge in [-0.1, -0.05) is 30.3 Å². The molecule has 3 N–H and O–H groups in total. The van der Waals surface area contributed by atoms with Crippen LogP contribution >= 0.6 is 0 Å². The van der Waals surface area contributed by atoms with E-state index >= 15 is 0 Å². The third-order valence-electron chi connectivity index (χ3n) is 4.27. The highest BCUT2D eigenvalue weighted by Gasteiger charge is 2.31. The zero-order chi connectivity index (χ0) is 16.9. The van der Waals surface area contributed by atoms with Crippen LogP contribution < -0.4 is 10.6 Å². The summed E-state index contributed by atoms with van der Waals surface area (Å²) in [4.78, 5) is 12.3. The number of urea groups is 1. The molecule has 1 atom stereocenters. The van der Waals surface area contributed by atoms with Crippen LogP contribution in [0.4, 0.5) is 10.6 Å². The normalized spacial score (nSPS) is 15.1. The number of benzene rings is 1. The van der Waals surface area contributed by atoms with Gasteiger partial charge in [-0.05, 0) is 37.7 Å². The lowest BCUT2D eigenvalue weighted by molar-refractivity contribution is 0.234. The van der Waals surface area contributed by atoms with Crippen molar-refractivity contribution >= 4 is 11.8 Å². The molecule has 1 aromatic carbocycles. The number of aliphatic hydroxyl groups is 1. The van der Waals surface area contributed by atoms with Crippen molar-refractivity contribution in [1.82, 2.24) is 15.1 Å². The van der Waals surface area contributed by atoms with Crippen molar-refractivity contribution in [3.05, 3.63) is 47.7 Å². The molecule has 2 amide bonds. The minimum absolute atomic E-state index is 0.0431. The van der Waals surface area contributed by atoms with Crippen LogP contribution in [0.25, 0.3) is 0 Å². The van der Waals surface area contributed by atoms with Crippen LogP contribution in [0.3, 0.4) is 0 Å². The van der Waals surface area contributed by atoms with E-state index in [0.29, 0.717) is 24.7 Å². The maximum Gasteiger partial charge on any atom is 0.320 e. The first-order chi connectivity index (χ1) is 11.7. The van der Waals surface area contributed by atoms with Crippen LogP contribution in [-0.2, 0) is 6.54 Å². The predicted octanol–water partition coefficient (Wildman–Crippen LogP) is 2.52. The summed E-state index contributed by atoms with van der Waals surface area (Å²) in [5.74, 6) is 1.17. The molecule has 24 heavy (non-hydrogen) atoms. The van der Waals surface area contributed by atoms with Crippen molar-refractivity contribution in [2.24, 2.45) is 5.92 Å². The zero-order valence-corrected chi connectivity index (χ0v) is 13.9. The number of amides is 2. The van der Waals surface area contributed by atoms with Crippen molar-refractivity contribution in [2.75, 3.05) is 11.9 Å². The molecule has 128 valence electrons. The molecule has 1 aromatic heterocycles. The number of carbonyl (C=O) groups excluding carboxylic acids is 1. The summed E-state index contributed by atoms with van der Waals surface area (Å²) in [5, 5.41) is 19.5. The van der Waals surface area contributed by atoms with Gasteiger partial charge in [-0.25, -0.2) is 9.48 Å². The van der Waals surface area contributed by atoms with Gasteiger partial charge in [-0.15, -0.1) is 0 Å². The molecular formula is C18H24N4O2. The lowest BCUT2D eigenvalue weighted by Crippen LogP contribution is -2.40. The third-order valence-corrected chi connectivity index (χ3v) is 4.27. The summed E-state index contributed by atoms with van der Waals surface area (Å²) in [6, 6.07) is 11.7. The summed E-state index contributed by atoms with van der Waals surface area (Å²) in [6.07, 6.45) is 2.84. The molecule has 3 rings (SSSR count). The van der Waals surface area contributed by atoms with Crippen LogP contribution in [0.1, 0.15) is 30.5 Å². The second kappa shape index (κ2) is 7.49. The number of hydrogen-bond acceptors (Lipinski definition) is 3. The smallest absolute Gasteiger partial charge is 0.320 e. The molecule has 1 fully saturated rings. The zero-order valence-electron chi connectivity index (χ0n) is 13.9. The first-order valence-electron chi connectivity index (χ1n) is 8.42. The van der Waals surface area contributed by atoms with Gasteiger partial charge >= 0.3 is 6.03 Å². The predicted molar refractivity (Wildman–Crippen MR) is 92.9 cm³/mol. The maximum atomic E-state index is 12.3. The Kier molecular flexibility index (Phi) is 5.15. The standard InChI is InChI=1S/C18H24N4O2/c1-13-11-17(22(21-13)12-14-5-3-2-4-6-14)20-18(24)19-16(9-10-23)15-7-8-15/h2-6,11,15-16,23H,7-10,12H2,1H3,(H2,19,20,24). The number of rotatable bonds is 7. The lowest BCUT2D eigenvalue weighted by atomic mass is 10.1. The Bertz CT molecular complexity index is 680. The van der Waals surface area contributed by atoms with E-state index in [0.717, 1.165) is 24.1 Å². The molecule has 6 heteroatoms. The Morgan fingerprint density at radius 1 is 1.38 bits per heavy atom. The van der Waals surface area contributed by atoms with E-state index < -0.39 is 0 Å². The van der Waals surface area contributed by atoms with E-state index in [1.165, 1.54) is 0 Å². The van der Waals surface area contributed by atoms with Crippen molar-refractivity contribution in [2.45, 2.75) is 38.8 Å². The monoisotopic (exact) mass is 328 g/mol. The molecule has 0 saturated heterocycles. The topological polar surface area (TPSA) is 79.2 Å². The molecule has 1 aliphatic carbocycles. The van der Waals surface area contributed by atoms with E-state index in [1.54, 1.807) is 4.68 Å². The number of nitrogens with one attached hydrogen (secondary N) is 2. The van der Waals surface area contributed by atoms with Crippen LogP contribution in [0.5, 0.6) is 0 Å². The summed E-state index contributed by atoms with van der Waals surface area (Å²) in [6.45, 7) is 2.60. The van der Waals surface area contributed by atoms with Crippen molar-refractivity contribution < 1.29 is 9.90 Å². The Morgan fingerprint density at radius 2 is 2.12 bits per heavy atom. The largest absolute Gasteiger partial charge is 0.396 e. The van der Waals surface area contributed by atoms with Gasteiger partial charge in [0.25, 0.3) is 0 Å². The fourth-order valence-electron chi connectivity index (χ4n) is 2.91. The molecular weight excluding hydrogens is 304 g/mol. The molecule has 0 aliphatic heterocycles. The van der Waals surface area contributed by atoms with Crippen molar-refractivity contribution in [1.29, 1.82) is 0 Å². The van der Waals surface area contributed by atoms with Crippen LogP contribution in [0.2, 0.25) is 0 Å². The van der Waals surface area contributed by atoms with E-state index in [2.05, 4.69) is 15.7 Å². The number of aryl methyl sites for hydroxylation is 1. The Hall–Kier alpha value is -2.34. The molecule has 6 nitrogen and oxygen atoms in total. The SMILES string of the molecule is Cc1cc(NC(=O)NC(CCO)C2CC2)n(Cc2ccccc2)n1. The van der Waals surface area contributed by atoms with Gasteiger partial charge < -0.3 is 10.4 Å². The first kappa shape index (κ1) is 16.5. The van der Waals surface area contributed by atoms with E-state index in [9.17, 15) is 4.79 Å². The van der Waals surface area contributed by atoms with Gasteiger partial charge in [-0.3, -0.25) is 5.32 Å². The highest BCUT2D eigenvalue weighted by Crippen LogP contribution is 2.33. The number of nitrogens with zero attached hydrogens (tertiary/aromatic N) is 2. The fourth-order valence-corrected chi connectivity index (χ4v) is 2.91. The molecule has 0 bridgehead atoms. The minimum Gasteiger partial charge on any atom is -0.396 e. The summed E-state index contributed by atoms with van der Waals surface area (Å²) >= 11 is 0. The molecule has 1 heterocycles. The average molecular weight is 328 g/mol. The van der Waals surface area contributed by atoms with Crippen LogP contribution in [0.15, 0.2) is 36.4 Å². The highest BCUT2D eigenvalue weighted by molar-refractivity contribution is 5.88. The summed E-state index contributed by atoms with van der Waals surface area (Å²) in [7, 11) is 0. The Labute approximate surface area is 141 Å². The van der Waals surface area contributed by atoms with Crippen molar-refractivity contribution in [3.8, 4) is 0 Å². The maximum absolute atomic E-state index is 12.3. The number of anilines is 1. The molecule has 0 radical (unpaired) electrons. The number of aliphatic hydroxyl groups excluding tert-OH is 1. The fraction of sp³-hybridized carbons (Fsp3) is 0.444. The van der Waals surface area contributed by atoms with Gasteiger partial charge in [-0.2, -0.15) is 5.10 Å². The second-order valence-electron chi connectivity index (χ2n) is 6.37. The first-order valence-corrected chi connectivity index (χ1v) is 8.42. The van der Waals surface area contributed by atoms with Crippen molar-refractivity contribution in [3.63, 3.8) is 0 Å². The minimum atomic E-state index is -0.241. The molecule has 1 aliphatic rings.